The summed E-state index contributed by atoms with van der Waals surface area (Å²) in [4.78, 5) is 8.84. The summed E-state index contributed by atoms with van der Waals surface area (Å²) in [7, 11) is 0. The molecule has 2 heterocycles. The van der Waals surface area contributed by atoms with Crippen molar-refractivity contribution in [3.8, 4) is 22.6 Å². The summed E-state index contributed by atoms with van der Waals surface area (Å²) in [5, 5.41) is 9.61. The summed E-state index contributed by atoms with van der Waals surface area (Å²) in [6.07, 6.45) is 5.59. The van der Waals surface area contributed by atoms with E-state index >= 15 is 0 Å². The Morgan fingerprint density at radius 2 is 1.83 bits per heavy atom. The van der Waals surface area contributed by atoms with E-state index in [0.717, 1.165) is 22.6 Å². The van der Waals surface area contributed by atoms with Crippen molar-refractivity contribution in [2.24, 2.45) is 0 Å². The fraction of sp³-hybridized carbons (Fsp3) is 0.0526. The molecule has 0 radical (unpaired) electrons. The van der Waals surface area contributed by atoms with Crippen molar-refractivity contribution in [1.29, 1.82) is 0 Å². The molecule has 5 heteroatoms. The van der Waals surface area contributed by atoms with Crippen LogP contribution in [0.3, 0.4) is 0 Å². The summed E-state index contributed by atoms with van der Waals surface area (Å²) in [6.45, 7) is 0.384. The molecule has 24 heavy (non-hydrogen) atoms. The van der Waals surface area contributed by atoms with E-state index in [9.17, 15) is 5.11 Å². The average molecular weight is 317 g/mol. The van der Waals surface area contributed by atoms with E-state index < -0.39 is 0 Å². The molecule has 0 aliphatic heterocycles. The first-order chi connectivity index (χ1) is 11.8. The van der Waals surface area contributed by atoms with Gasteiger partial charge in [-0.15, -0.1) is 0 Å². The van der Waals surface area contributed by atoms with Gasteiger partial charge in [-0.25, -0.2) is 9.97 Å². The van der Waals surface area contributed by atoms with Crippen LogP contribution in [0.15, 0.2) is 73.2 Å². The molecule has 0 aliphatic rings. The van der Waals surface area contributed by atoms with E-state index in [1.807, 2.05) is 59.3 Å². The van der Waals surface area contributed by atoms with Crippen molar-refractivity contribution >= 4 is 5.78 Å². The van der Waals surface area contributed by atoms with Gasteiger partial charge in [-0.05, 0) is 29.8 Å². The largest absolute Gasteiger partial charge is 0.508 e. The van der Waals surface area contributed by atoms with E-state index in [2.05, 4.69) is 9.97 Å². The Morgan fingerprint density at radius 3 is 2.67 bits per heavy atom. The van der Waals surface area contributed by atoms with E-state index in [4.69, 9.17) is 4.74 Å². The number of benzene rings is 2. The van der Waals surface area contributed by atoms with Gasteiger partial charge >= 0.3 is 0 Å². The summed E-state index contributed by atoms with van der Waals surface area (Å²) in [6, 6.07) is 16.7. The lowest BCUT2D eigenvalue weighted by Gasteiger charge is -2.02. The third-order valence-corrected chi connectivity index (χ3v) is 3.67. The van der Waals surface area contributed by atoms with Gasteiger partial charge in [-0.2, -0.15) is 0 Å². The Balaban J connectivity index is 1.59. The first-order valence-corrected chi connectivity index (χ1v) is 7.59. The fourth-order valence-corrected chi connectivity index (χ4v) is 2.51. The molecule has 0 atom stereocenters. The molecule has 0 unspecified atom stereocenters. The van der Waals surface area contributed by atoms with E-state index in [1.165, 1.54) is 0 Å². The van der Waals surface area contributed by atoms with Crippen LogP contribution in [-0.2, 0) is 6.61 Å². The molecular formula is C19H15N3O2. The van der Waals surface area contributed by atoms with Gasteiger partial charge in [-0.1, -0.05) is 30.3 Å². The molecule has 0 aliphatic carbocycles. The first-order valence-electron chi connectivity index (χ1n) is 7.59. The van der Waals surface area contributed by atoms with Crippen LogP contribution in [0.2, 0.25) is 0 Å². The van der Waals surface area contributed by atoms with Crippen molar-refractivity contribution in [2.45, 2.75) is 6.61 Å². The number of ether oxygens (including phenoxy) is 1. The Morgan fingerprint density at radius 1 is 0.958 bits per heavy atom. The van der Waals surface area contributed by atoms with Crippen LogP contribution in [0, 0.1) is 0 Å². The maximum absolute atomic E-state index is 9.61. The maximum Gasteiger partial charge on any atom is 0.234 e. The van der Waals surface area contributed by atoms with Crippen molar-refractivity contribution in [1.82, 2.24) is 14.4 Å². The lowest BCUT2D eigenvalue weighted by Crippen LogP contribution is -1.94. The predicted octanol–water partition coefficient (Wildman–Crippen LogP) is 3.68. The number of hydrogen-bond acceptors (Lipinski definition) is 4. The molecule has 1 N–H and O–H groups in total. The van der Waals surface area contributed by atoms with Gasteiger partial charge in [0.1, 0.15) is 18.1 Å². The number of phenolic OH excluding ortho intramolecular Hbond substituents is 1. The zero-order valence-corrected chi connectivity index (χ0v) is 12.8. The minimum absolute atomic E-state index is 0.232. The van der Waals surface area contributed by atoms with Crippen molar-refractivity contribution in [3.05, 3.63) is 78.9 Å². The summed E-state index contributed by atoms with van der Waals surface area (Å²) in [5.41, 5.74) is 2.62. The highest BCUT2D eigenvalue weighted by Gasteiger charge is 2.06. The van der Waals surface area contributed by atoms with Gasteiger partial charge in [0.2, 0.25) is 5.78 Å². The molecule has 0 bridgehead atoms. The van der Waals surface area contributed by atoms with Crippen molar-refractivity contribution in [2.75, 3.05) is 0 Å². The number of para-hydroxylation sites is 1. The maximum atomic E-state index is 9.61. The van der Waals surface area contributed by atoms with E-state index in [-0.39, 0.29) is 5.75 Å². The molecule has 2 aromatic carbocycles. The van der Waals surface area contributed by atoms with E-state index in [0.29, 0.717) is 12.4 Å². The highest BCUT2D eigenvalue weighted by atomic mass is 16.5. The monoisotopic (exact) mass is 317 g/mol. The van der Waals surface area contributed by atoms with Crippen LogP contribution in [0.4, 0.5) is 0 Å². The van der Waals surface area contributed by atoms with Crippen LogP contribution < -0.4 is 4.74 Å². The van der Waals surface area contributed by atoms with Crippen molar-refractivity contribution in [3.63, 3.8) is 0 Å². The SMILES string of the molecule is Oc1cccc(-c2cnc3nc(COc4ccccc4)cn3c2)c1. The molecule has 4 aromatic rings. The van der Waals surface area contributed by atoms with Gasteiger partial charge in [-0.3, -0.25) is 4.40 Å². The minimum Gasteiger partial charge on any atom is -0.508 e. The second-order valence-electron chi connectivity index (χ2n) is 5.43. The van der Waals surface area contributed by atoms with Crippen LogP contribution in [0.1, 0.15) is 5.69 Å². The van der Waals surface area contributed by atoms with E-state index in [1.54, 1.807) is 18.3 Å². The first kappa shape index (κ1) is 14.3. The normalized spacial score (nSPS) is 10.8. The number of fused-ring (bicyclic) bond motifs is 1. The Kier molecular flexibility index (Phi) is 3.59. The third kappa shape index (κ3) is 2.92. The highest BCUT2D eigenvalue weighted by molar-refractivity contribution is 5.64. The second kappa shape index (κ2) is 6.04. The van der Waals surface area contributed by atoms with Gasteiger partial charge in [0.15, 0.2) is 0 Å². The van der Waals surface area contributed by atoms with Crippen LogP contribution >= 0.6 is 0 Å². The number of nitrogens with zero attached hydrogens (tertiary/aromatic N) is 3. The summed E-state index contributed by atoms with van der Waals surface area (Å²) < 4.78 is 7.58. The second-order valence-corrected chi connectivity index (χ2v) is 5.43. The number of hydrogen-bond donors (Lipinski definition) is 1. The molecule has 0 spiro atoms. The lowest BCUT2D eigenvalue weighted by molar-refractivity contribution is 0.302. The lowest BCUT2D eigenvalue weighted by atomic mass is 10.1. The third-order valence-electron chi connectivity index (χ3n) is 3.67. The average Bonchev–Trinajstić information content (AvgIpc) is 3.03. The Bertz CT molecular complexity index is 980. The number of aromatic hydroxyl groups is 1. The van der Waals surface area contributed by atoms with Gasteiger partial charge in [0.25, 0.3) is 0 Å². The van der Waals surface area contributed by atoms with Gasteiger partial charge in [0, 0.05) is 24.2 Å². The summed E-state index contributed by atoms with van der Waals surface area (Å²) in [5.74, 6) is 1.66. The van der Waals surface area contributed by atoms with Gasteiger partial charge < -0.3 is 9.84 Å². The fourth-order valence-electron chi connectivity index (χ4n) is 2.51. The minimum atomic E-state index is 0.232. The van der Waals surface area contributed by atoms with Crippen molar-refractivity contribution < 1.29 is 9.84 Å². The molecular weight excluding hydrogens is 302 g/mol. The molecule has 2 aromatic heterocycles. The molecule has 0 saturated heterocycles. The number of aromatic nitrogens is 3. The highest BCUT2D eigenvalue weighted by Crippen LogP contribution is 2.22. The zero-order valence-electron chi connectivity index (χ0n) is 12.8. The van der Waals surface area contributed by atoms with Crippen LogP contribution in [-0.4, -0.2) is 19.5 Å². The Hall–Kier alpha value is -3.34. The predicted molar refractivity (Wildman–Crippen MR) is 90.9 cm³/mol. The number of imidazole rings is 1. The molecule has 0 saturated carbocycles. The zero-order chi connectivity index (χ0) is 16.4. The molecule has 0 amide bonds. The summed E-state index contributed by atoms with van der Waals surface area (Å²) >= 11 is 0. The molecule has 0 fully saturated rings. The molecule has 5 nitrogen and oxygen atoms in total. The molecule has 4 rings (SSSR count). The topological polar surface area (TPSA) is 59.7 Å². The smallest absolute Gasteiger partial charge is 0.234 e. The molecule has 118 valence electrons. The number of phenols is 1. The van der Waals surface area contributed by atoms with Crippen LogP contribution in [0.25, 0.3) is 16.9 Å². The van der Waals surface area contributed by atoms with Gasteiger partial charge in [0.05, 0.1) is 5.69 Å². The number of rotatable bonds is 4. The van der Waals surface area contributed by atoms with Crippen LogP contribution in [0.5, 0.6) is 11.5 Å². The standard InChI is InChI=1S/C19H15N3O2/c23-17-6-4-5-14(9-17)15-10-20-19-21-16(12-22(19)11-15)13-24-18-7-2-1-3-8-18/h1-12,23H,13H2. The quantitative estimate of drug-likeness (QED) is 0.624. The Labute approximate surface area is 138 Å².